The van der Waals surface area contributed by atoms with Crippen molar-refractivity contribution in [1.29, 1.82) is 0 Å². The summed E-state index contributed by atoms with van der Waals surface area (Å²) in [6.07, 6.45) is 0. The smallest absolute Gasteiger partial charge is 0.310 e. The molecule has 0 bridgehead atoms. The third kappa shape index (κ3) is 7.74. The van der Waals surface area contributed by atoms with Gasteiger partial charge in [-0.05, 0) is 24.1 Å². The van der Waals surface area contributed by atoms with E-state index in [1.54, 1.807) is 24.0 Å². The number of halogens is 1. The third-order valence-electron chi connectivity index (χ3n) is 4.20. The molecule has 0 aromatic heterocycles. The highest BCUT2D eigenvalue weighted by atomic mass is 19.1. The van der Waals surface area contributed by atoms with Gasteiger partial charge < -0.3 is 20.4 Å². The van der Waals surface area contributed by atoms with E-state index in [1.165, 1.54) is 6.07 Å². The highest BCUT2D eigenvalue weighted by molar-refractivity contribution is 5.76. The second-order valence-corrected chi connectivity index (χ2v) is 6.18. The summed E-state index contributed by atoms with van der Waals surface area (Å²) >= 11 is 0. The van der Waals surface area contributed by atoms with Crippen molar-refractivity contribution in [2.45, 2.75) is 12.8 Å². The number of aliphatic hydroxyl groups excluding tert-OH is 3. The van der Waals surface area contributed by atoms with Gasteiger partial charge in [-0.3, -0.25) is 9.69 Å². The van der Waals surface area contributed by atoms with Crippen LogP contribution in [0.5, 0.6) is 0 Å². The van der Waals surface area contributed by atoms with Crippen molar-refractivity contribution in [3.8, 4) is 11.1 Å². The van der Waals surface area contributed by atoms with E-state index in [-0.39, 0.29) is 19.8 Å². The molecule has 0 spiro atoms. The summed E-state index contributed by atoms with van der Waals surface area (Å²) in [5.41, 5.74) is 1.74. The van der Waals surface area contributed by atoms with Crippen LogP contribution in [0.1, 0.15) is 18.4 Å². The zero-order chi connectivity index (χ0) is 20.9. The minimum absolute atomic E-state index is 0.0694. The van der Waals surface area contributed by atoms with Crippen LogP contribution in [0.3, 0.4) is 0 Å². The van der Waals surface area contributed by atoms with Crippen LogP contribution >= 0.6 is 0 Å². The van der Waals surface area contributed by atoms with Crippen molar-refractivity contribution in [2.75, 3.05) is 39.5 Å². The molecule has 0 saturated heterocycles. The number of hydrogen-bond acceptors (Lipinski definition) is 5. The molecule has 4 N–H and O–H groups in total. The molecule has 0 aliphatic rings. The van der Waals surface area contributed by atoms with Gasteiger partial charge in [0.05, 0.1) is 25.7 Å². The predicted octanol–water partition coefficient (Wildman–Crippen LogP) is 1.95. The van der Waals surface area contributed by atoms with Crippen LogP contribution in [-0.4, -0.2) is 70.8 Å². The van der Waals surface area contributed by atoms with E-state index in [1.807, 2.05) is 30.3 Å². The van der Waals surface area contributed by atoms with Crippen LogP contribution in [0, 0.1) is 5.82 Å². The molecule has 2 rings (SSSR count). The van der Waals surface area contributed by atoms with Gasteiger partial charge in [0.15, 0.2) is 0 Å². The van der Waals surface area contributed by atoms with Crippen LogP contribution < -0.4 is 0 Å². The number of carboxylic acid groups (broad SMARTS) is 1. The highest BCUT2D eigenvalue weighted by Gasteiger charge is 2.15. The molecule has 1 atom stereocenters. The number of carbonyl (C=O) groups is 1. The fraction of sp³-hybridized carbons (Fsp3) is 0.381. The molecular weight excluding hydrogens is 365 g/mol. The molecule has 6 nitrogen and oxygen atoms in total. The van der Waals surface area contributed by atoms with Crippen LogP contribution in [0.15, 0.2) is 48.5 Å². The summed E-state index contributed by atoms with van der Waals surface area (Å²) in [6, 6.07) is 13.7. The van der Waals surface area contributed by atoms with Crippen LogP contribution in [0.4, 0.5) is 4.39 Å². The number of benzene rings is 2. The number of aliphatic hydroxyl groups is 3. The minimum Gasteiger partial charge on any atom is -0.481 e. The third-order valence-corrected chi connectivity index (χ3v) is 4.20. The van der Waals surface area contributed by atoms with Gasteiger partial charge in [0.1, 0.15) is 5.82 Å². The average molecular weight is 393 g/mol. The normalized spacial score (nSPS) is 11.6. The van der Waals surface area contributed by atoms with Gasteiger partial charge in [0, 0.05) is 25.2 Å². The maximum Gasteiger partial charge on any atom is 0.310 e. The first-order valence-electron chi connectivity index (χ1n) is 9.07. The number of aliphatic carboxylic acids is 1. The molecule has 0 aliphatic carbocycles. The quantitative estimate of drug-likeness (QED) is 0.520. The summed E-state index contributed by atoms with van der Waals surface area (Å²) in [7, 11) is 0. The monoisotopic (exact) mass is 393 g/mol. The Hall–Kier alpha value is -2.32. The van der Waals surface area contributed by atoms with E-state index in [9.17, 15) is 9.18 Å². The second-order valence-electron chi connectivity index (χ2n) is 6.18. The SMILES string of the molecule is CC(C(=O)O)c1ccc(-c2ccccc2)c(F)c1.OCCN(CCO)CCO. The average Bonchev–Trinajstić information content (AvgIpc) is 2.69. The molecule has 0 heterocycles. The molecule has 2 aromatic carbocycles. The van der Waals surface area contributed by atoms with E-state index >= 15 is 0 Å². The zero-order valence-corrected chi connectivity index (χ0v) is 16.0. The largest absolute Gasteiger partial charge is 0.481 e. The lowest BCUT2D eigenvalue weighted by Crippen LogP contribution is -2.32. The first-order valence-corrected chi connectivity index (χ1v) is 9.07. The van der Waals surface area contributed by atoms with Crippen molar-refractivity contribution in [3.63, 3.8) is 0 Å². The van der Waals surface area contributed by atoms with Crippen LogP contribution in [-0.2, 0) is 4.79 Å². The molecule has 7 heteroatoms. The standard InChI is InChI=1S/C15H13FO2.C6H15NO3/c1-10(15(17)18)12-7-8-13(14(16)9-12)11-5-3-2-4-6-11;8-4-1-7(2-5-9)3-6-10/h2-10H,1H3,(H,17,18);8-10H,1-6H2. The molecule has 2 aromatic rings. The number of carboxylic acids is 1. The van der Waals surface area contributed by atoms with E-state index in [2.05, 4.69) is 0 Å². The number of hydrogen-bond donors (Lipinski definition) is 4. The Labute approximate surface area is 164 Å². The van der Waals surface area contributed by atoms with Gasteiger partial charge >= 0.3 is 5.97 Å². The Kier molecular flexibility index (Phi) is 11.0. The van der Waals surface area contributed by atoms with E-state index in [4.69, 9.17) is 20.4 Å². The second kappa shape index (κ2) is 13.0. The molecule has 28 heavy (non-hydrogen) atoms. The van der Waals surface area contributed by atoms with Gasteiger partial charge in [-0.1, -0.05) is 42.5 Å². The maximum absolute atomic E-state index is 14.0. The molecule has 0 saturated carbocycles. The van der Waals surface area contributed by atoms with Gasteiger partial charge in [-0.15, -0.1) is 0 Å². The molecule has 1 unspecified atom stereocenters. The molecule has 0 aliphatic heterocycles. The highest BCUT2D eigenvalue weighted by Crippen LogP contribution is 2.26. The Morgan fingerprint density at radius 3 is 1.93 bits per heavy atom. The summed E-state index contributed by atoms with van der Waals surface area (Å²) in [4.78, 5) is 12.6. The number of nitrogens with zero attached hydrogens (tertiary/aromatic N) is 1. The van der Waals surface area contributed by atoms with Gasteiger partial charge in [-0.2, -0.15) is 0 Å². The van der Waals surface area contributed by atoms with Crippen molar-refractivity contribution >= 4 is 5.97 Å². The van der Waals surface area contributed by atoms with Crippen molar-refractivity contribution in [1.82, 2.24) is 4.90 Å². The molecular formula is C21H28FNO5. The fourth-order valence-electron chi connectivity index (χ4n) is 2.55. The topological polar surface area (TPSA) is 101 Å². The Bertz CT molecular complexity index is 697. The number of rotatable bonds is 9. The van der Waals surface area contributed by atoms with Crippen molar-refractivity contribution in [3.05, 3.63) is 59.9 Å². The van der Waals surface area contributed by atoms with E-state index < -0.39 is 17.7 Å². The van der Waals surface area contributed by atoms with E-state index in [0.29, 0.717) is 30.8 Å². The molecule has 0 amide bonds. The maximum atomic E-state index is 14.0. The van der Waals surface area contributed by atoms with Crippen molar-refractivity contribution < 1.29 is 29.6 Å². The molecule has 0 fully saturated rings. The predicted molar refractivity (Wildman–Crippen MR) is 106 cm³/mol. The molecule has 154 valence electrons. The van der Waals surface area contributed by atoms with Gasteiger partial charge in [0.25, 0.3) is 0 Å². The van der Waals surface area contributed by atoms with E-state index in [0.717, 1.165) is 5.56 Å². The zero-order valence-electron chi connectivity index (χ0n) is 16.0. The van der Waals surface area contributed by atoms with Crippen LogP contribution in [0.25, 0.3) is 11.1 Å². The minimum atomic E-state index is -0.957. The summed E-state index contributed by atoms with van der Waals surface area (Å²) in [5, 5.41) is 34.3. The summed E-state index contributed by atoms with van der Waals surface area (Å²) in [6.45, 7) is 3.29. The lowest BCUT2D eigenvalue weighted by atomic mass is 9.97. The lowest BCUT2D eigenvalue weighted by molar-refractivity contribution is -0.138. The fourth-order valence-corrected chi connectivity index (χ4v) is 2.55. The van der Waals surface area contributed by atoms with Gasteiger partial charge in [0.2, 0.25) is 0 Å². The van der Waals surface area contributed by atoms with Crippen molar-refractivity contribution in [2.24, 2.45) is 0 Å². The summed E-state index contributed by atoms with van der Waals surface area (Å²) in [5.74, 6) is -2.06. The van der Waals surface area contributed by atoms with Gasteiger partial charge in [-0.25, -0.2) is 4.39 Å². The Morgan fingerprint density at radius 1 is 0.964 bits per heavy atom. The van der Waals surface area contributed by atoms with Crippen LogP contribution in [0.2, 0.25) is 0 Å². The molecule has 0 radical (unpaired) electrons. The first kappa shape index (κ1) is 23.7. The Balaban J connectivity index is 0.000000336. The first-order chi connectivity index (χ1) is 13.4. The lowest BCUT2D eigenvalue weighted by Gasteiger charge is -2.17. The summed E-state index contributed by atoms with van der Waals surface area (Å²) < 4.78 is 14.0. The Morgan fingerprint density at radius 2 is 1.50 bits per heavy atom.